The number of nitrogens with zero attached hydrogens (tertiary/aromatic N) is 2. The van der Waals surface area contributed by atoms with Crippen molar-refractivity contribution in [3.63, 3.8) is 0 Å². The third-order valence-electron chi connectivity index (χ3n) is 5.71. The van der Waals surface area contributed by atoms with E-state index in [1.807, 2.05) is 67.9 Å². The van der Waals surface area contributed by atoms with Crippen LogP contribution in [0.5, 0.6) is 0 Å². The van der Waals surface area contributed by atoms with Crippen LogP contribution in [0.15, 0.2) is 76.6 Å². The summed E-state index contributed by atoms with van der Waals surface area (Å²) in [7, 11) is 0. The van der Waals surface area contributed by atoms with Crippen molar-refractivity contribution in [1.82, 2.24) is 15.1 Å². The number of hydrogen-bond donors (Lipinski definition) is 1. The molecular formula is C28H31N3O4S. The molecule has 4 rings (SSSR count). The highest BCUT2D eigenvalue weighted by Gasteiger charge is 2.41. The van der Waals surface area contributed by atoms with Crippen molar-refractivity contribution in [3.05, 3.63) is 82.1 Å². The third kappa shape index (κ3) is 5.14. The Morgan fingerprint density at radius 1 is 0.917 bits per heavy atom. The fraction of sp³-hybridized carbons (Fsp3) is 0.321. The summed E-state index contributed by atoms with van der Waals surface area (Å²) in [6.45, 7) is 10.9. The van der Waals surface area contributed by atoms with Crippen LogP contribution in [0.4, 0.5) is 0 Å². The molecule has 1 aliphatic heterocycles. The van der Waals surface area contributed by atoms with E-state index in [0.29, 0.717) is 28.2 Å². The molecule has 0 radical (unpaired) electrons. The lowest BCUT2D eigenvalue weighted by Crippen LogP contribution is -2.33. The first-order valence-electron chi connectivity index (χ1n) is 12.0. The minimum Gasteiger partial charge on any atom is -0.460 e. The topological polar surface area (TPSA) is 82.5 Å². The standard InChI is InChI=1S/C28H31N3O4S/c1-16(2)34-27(32)23-18(5)29-19(6)24(28(33)35-17(3)4)25(23)21-15-31(20-11-8-7-9-12-20)30-26(21)22-13-10-14-36-22/h7-17,25,29H,1-6H3. The lowest BCUT2D eigenvalue weighted by Gasteiger charge is -2.31. The van der Waals surface area contributed by atoms with Crippen molar-refractivity contribution in [2.24, 2.45) is 0 Å². The first kappa shape index (κ1) is 25.4. The van der Waals surface area contributed by atoms with Crippen molar-refractivity contribution >= 4 is 23.3 Å². The zero-order valence-corrected chi connectivity index (χ0v) is 22.2. The third-order valence-corrected chi connectivity index (χ3v) is 6.59. The average Bonchev–Trinajstić information content (AvgIpc) is 3.48. The van der Waals surface area contributed by atoms with Gasteiger partial charge in [-0.1, -0.05) is 24.3 Å². The van der Waals surface area contributed by atoms with Gasteiger partial charge in [0.15, 0.2) is 0 Å². The van der Waals surface area contributed by atoms with Gasteiger partial charge in [-0.05, 0) is 65.1 Å². The monoisotopic (exact) mass is 505 g/mol. The fourth-order valence-electron chi connectivity index (χ4n) is 4.32. The summed E-state index contributed by atoms with van der Waals surface area (Å²) in [5, 5.41) is 10.1. The maximum Gasteiger partial charge on any atom is 0.337 e. The normalized spacial score (nSPS) is 14.4. The van der Waals surface area contributed by atoms with E-state index in [0.717, 1.165) is 16.1 Å². The summed E-state index contributed by atoms with van der Waals surface area (Å²) in [6, 6.07) is 13.7. The Morgan fingerprint density at radius 2 is 1.50 bits per heavy atom. The average molecular weight is 506 g/mol. The van der Waals surface area contributed by atoms with Crippen molar-refractivity contribution in [1.29, 1.82) is 0 Å². The van der Waals surface area contributed by atoms with Gasteiger partial charge in [0.25, 0.3) is 0 Å². The van der Waals surface area contributed by atoms with Crippen LogP contribution < -0.4 is 5.32 Å². The molecule has 0 saturated heterocycles. The Morgan fingerprint density at radius 3 is 2.00 bits per heavy atom. The SMILES string of the molecule is CC1=C(C(=O)OC(C)C)C(c2cn(-c3ccccc3)nc2-c2cccs2)C(C(=O)OC(C)C)=C(C)N1. The summed E-state index contributed by atoms with van der Waals surface area (Å²) in [5.41, 5.74) is 4.31. The molecule has 3 heterocycles. The number of ether oxygens (including phenoxy) is 2. The van der Waals surface area contributed by atoms with E-state index in [4.69, 9.17) is 14.6 Å². The van der Waals surface area contributed by atoms with Gasteiger partial charge < -0.3 is 14.8 Å². The number of esters is 2. The molecule has 0 amide bonds. The van der Waals surface area contributed by atoms with Gasteiger partial charge in [0, 0.05) is 23.2 Å². The highest BCUT2D eigenvalue weighted by molar-refractivity contribution is 7.13. The number of nitrogens with one attached hydrogen (secondary N) is 1. The summed E-state index contributed by atoms with van der Waals surface area (Å²) in [6.07, 6.45) is 1.26. The summed E-state index contributed by atoms with van der Waals surface area (Å²) in [5.74, 6) is -1.68. The molecule has 2 aromatic heterocycles. The fourth-order valence-corrected chi connectivity index (χ4v) is 5.05. The molecule has 0 saturated carbocycles. The molecule has 0 aliphatic carbocycles. The second-order valence-corrected chi connectivity index (χ2v) is 10.2. The van der Waals surface area contributed by atoms with Crippen LogP contribution in [0.3, 0.4) is 0 Å². The Hall–Kier alpha value is -3.65. The Labute approximate surface area is 215 Å². The van der Waals surface area contributed by atoms with Crippen molar-refractivity contribution < 1.29 is 19.1 Å². The molecule has 1 aromatic carbocycles. The van der Waals surface area contributed by atoms with Crippen LogP contribution in [0.2, 0.25) is 0 Å². The summed E-state index contributed by atoms with van der Waals surface area (Å²) < 4.78 is 13.1. The number of para-hydroxylation sites is 1. The second-order valence-electron chi connectivity index (χ2n) is 9.23. The van der Waals surface area contributed by atoms with Gasteiger partial charge in [0.1, 0.15) is 5.69 Å². The molecule has 0 spiro atoms. The maximum absolute atomic E-state index is 13.5. The molecule has 1 N–H and O–H groups in total. The zero-order valence-electron chi connectivity index (χ0n) is 21.4. The number of hydrogen-bond acceptors (Lipinski definition) is 7. The Balaban J connectivity index is 1.97. The lowest BCUT2D eigenvalue weighted by atomic mass is 9.80. The molecule has 0 fully saturated rings. The van der Waals surface area contributed by atoms with Gasteiger partial charge in [-0.3, -0.25) is 0 Å². The van der Waals surface area contributed by atoms with E-state index in [1.54, 1.807) is 43.7 Å². The highest BCUT2D eigenvalue weighted by atomic mass is 32.1. The Bertz CT molecular complexity index is 1270. The molecule has 1 aliphatic rings. The largest absolute Gasteiger partial charge is 0.460 e. The molecule has 0 atom stereocenters. The number of thiophene rings is 1. The van der Waals surface area contributed by atoms with Gasteiger partial charge in [-0.25, -0.2) is 14.3 Å². The maximum atomic E-state index is 13.5. The van der Waals surface area contributed by atoms with E-state index in [-0.39, 0.29) is 12.2 Å². The Kier molecular flexibility index (Phi) is 7.45. The van der Waals surface area contributed by atoms with Crippen LogP contribution in [0.25, 0.3) is 16.3 Å². The van der Waals surface area contributed by atoms with E-state index in [1.165, 1.54) is 0 Å². The van der Waals surface area contributed by atoms with Crippen LogP contribution in [-0.4, -0.2) is 33.9 Å². The van der Waals surface area contributed by atoms with Crippen molar-refractivity contribution in [3.8, 4) is 16.3 Å². The molecule has 3 aromatic rings. The predicted molar refractivity (Wildman–Crippen MR) is 141 cm³/mol. The predicted octanol–water partition coefficient (Wildman–Crippen LogP) is 5.74. The van der Waals surface area contributed by atoms with E-state index in [2.05, 4.69) is 5.32 Å². The van der Waals surface area contributed by atoms with Crippen LogP contribution in [0, 0.1) is 0 Å². The van der Waals surface area contributed by atoms with Gasteiger partial charge in [-0.15, -0.1) is 11.3 Å². The van der Waals surface area contributed by atoms with Gasteiger partial charge in [0.2, 0.25) is 0 Å². The number of carbonyl (C=O) groups excluding carboxylic acids is 2. The van der Waals surface area contributed by atoms with Crippen LogP contribution in [0.1, 0.15) is 53.0 Å². The molecule has 0 unspecified atom stereocenters. The lowest BCUT2D eigenvalue weighted by molar-refractivity contribution is -0.143. The molecule has 36 heavy (non-hydrogen) atoms. The minimum atomic E-state index is -0.724. The zero-order chi connectivity index (χ0) is 26.0. The molecule has 0 bridgehead atoms. The van der Waals surface area contributed by atoms with Crippen LogP contribution >= 0.6 is 11.3 Å². The van der Waals surface area contributed by atoms with Crippen molar-refractivity contribution in [2.75, 3.05) is 0 Å². The van der Waals surface area contributed by atoms with E-state index in [9.17, 15) is 9.59 Å². The highest BCUT2D eigenvalue weighted by Crippen LogP contribution is 2.44. The number of dihydropyridines is 1. The van der Waals surface area contributed by atoms with Gasteiger partial charge in [-0.2, -0.15) is 5.10 Å². The molecule has 7 nitrogen and oxygen atoms in total. The number of rotatable bonds is 7. The quantitative estimate of drug-likeness (QED) is 0.413. The molecular weight excluding hydrogens is 474 g/mol. The first-order valence-corrected chi connectivity index (χ1v) is 12.8. The first-order chi connectivity index (χ1) is 17.2. The second kappa shape index (κ2) is 10.5. The summed E-state index contributed by atoms with van der Waals surface area (Å²) >= 11 is 1.55. The molecule has 8 heteroatoms. The van der Waals surface area contributed by atoms with E-state index >= 15 is 0 Å². The van der Waals surface area contributed by atoms with E-state index < -0.39 is 17.9 Å². The number of allylic oxidation sites excluding steroid dienone is 2. The summed E-state index contributed by atoms with van der Waals surface area (Å²) in [4.78, 5) is 27.8. The van der Waals surface area contributed by atoms with Crippen molar-refractivity contribution in [2.45, 2.75) is 59.7 Å². The number of aromatic nitrogens is 2. The molecule has 188 valence electrons. The van der Waals surface area contributed by atoms with Gasteiger partial charge in [0.05, 0.1) is 39.8 Å². The number of benzene rings is 1. The number of carbonyl (C=O) groups is 2. The minimum absolute atomic E-state index is 0.319. The van der Waals surface area contributed by atoms with Crippen LogP contribution in [-0.2, 0) is 19.1 Å². The van der Waals surface area contributed by atoms with Gasteiger partial charge >= 0.3 is 11.9 Å². The smallest absolute Gasteiger partial charge is 0.337 e.